The number of aryl methyl sites for hydroxylation is 1. The second kappa shape index (κ2) is 4.75. The van der Waals surface area contributed by atoms with Gasteiger partial charge in [-0.05, 0) is 44.2 Å². The SMILES string of the molecule is Cc1[nH]ncc1-c1cc2nc(C3C[C@H]4C[C@H]4CN3)[nH]c(=O)c2s1. The highest BCUT2D eigenvalue weighted by Gasteiger charge is 2.42. The molecule has 7 heteroatoms. The highest BCUT2D eigenvalue weighted by molar-refractivity contribution is 7.22. The number of thiophene rings is 1. The van der Waals surface area contributed by atoms with Crippen LogP contribution in [0.4, 0.5) is 0 Å². The third-order valence-electron chi connectivity index (χ3n) is 5.06. The van der Waals surface area contributed by atoms with E-state index in [1.807, 2.05) is 13.0 Å². The molecule has 2 aliphatic rings. The first-order valence-electron chi connectivity index (χ1n) is 7.96. The van der Waals surface area contributed by atoms with Crippen molar-refractivity contribution in [2.24, 2.45) is 11.8 Å². The monoisotopic (exact) mass is 327 g/mol. The largest absolute Gasteiger partial charge is 0.308 e. The molecule has 1 aliphatic carbocycles. The van der Waals surface area contributed by atoms with Gasteiger partial charge in [-0.3, -0.25) is 9.89 Å². The lowest BCUT2D eigenvalue weighted by atomic mass is 10.0. The summed E-state index contributed by atoms with van der Waals surface area (Å²) in [5.41, 5.74) is 2.78. The molecule has 5 rings (SSSR count). The van der Waals surface area contributed by atoms with Crippen LogP contribution in [0, 0.1) is 18.8 Å². The predicted octanol–water partition coefficient (Wildman–Crippen LogP) is 2.35. The lowest BCUT2D eigenvalue weighted by molar-refractivity contribution is 0.381. The molecule has 1 aliphatic heterocycles. The average Bonchev–Trinajstić information content (AvgIpc) is 2.98. The molecular weight excluding hydrogens is 310 g/mol. The van der Waals surface area contributed by atoms with Crippen molar-refractivity contribution in [1.82, 2.24) is 25.5 Å². The summed E-state index contributed by atoms with van der Waals surface area (Å²) < 4.78 is 0.685. The maximum Gasteiger partial charge on any atom is 0.268 e. The smallest absolute Gasteiger partial charge is 0.268 e. The third kappa shape index (κ3) is 2.14. The summed E-state index contributed by atoms with van der Waals surface area (Å²) in [7, 11) is 0. The summed E-state index contributed by atoms with van der Waals surface area (Å²) in [6, 6.07) is 2.18. The maximum absolute atomic E-state index is 12.5. The summed E-state index contributed by atoms with van der Waals surface area (Å²) in [4.78, 5) is 21.2. The van der Waals surface area contributed by atoms with E-state index in [-0.39, 0.29) is 11.6 Å². The zero-order valence-corrected chi connectivity index (χ0v) is 13.5. The summed E-state index contributed by atoms with van der Waals surface area (Å²) >= 11 is 1.47. The third-order valence-corrected chi connectivity index (χ3v) is 6.22. The van der Waals surface area contributed by atoms with Crippen molar-refractivity contribution in [3.63, 3.8) is 0 Å². The van der Waals surface area contributed by atoms with Gasteiger partial charge in [0.25, 0.3) is 5.56 Å². The van der Waals surface area contributed by atoms with Gasteiger partial charge < -0.3 is 10.3 Å². The molecule has 0 aromatic carbocycles. The van der Waals surface area contributed by atoms with Gasteiger partial charge in [0, 0.05) is 16.1 Å². The number of piperidine rings is 1. The Labute approximate surface area is 136 Å². The van der Waals surface area contributed by atoms with Crippen molar-refractivity contribution in [1.29, 1.82) is 0 Å². The number of nitrogens with one attached hydrogen (secondary N) is 3. The molecule has 23 heavy (non-hydrogen) atoms. The van der Waals surface area contributed by atoms with Gasteiger partial charge >= 0.3 is 0 Å². The second-order valence-electron chi connectivity index (χ2n) is 6.64. The molecular formula is C16H17N5OS. The first kappa shape index (κ1) is 13.4. The van der Waals surface area contributed by atoms with Crippen molar-refractivity contribution in [3.8, 4) is 10.4 Å². The minimum absolute atomic E-state index is 0.0397. The van der Waals surface area contributed by atoms with Crippen molar-refractivity contribution >= 4 is 21.6 Å². The van der Waals surface area contributed by atoms with Gasteiger partial charge in [-0.2, -0.15) is 5.10 Å². The maximum atomic E-state index is 12.5. The number of aromatic amines is 2. The Balaban J connectivity index is 1.58. The van der Waals surface area contributed by atoms with Gasteiger partial charge in [0.2, 0.25) is 0 Å². The minimum Gasteiger partial charge on any atom is -0.308 e. The number of hydrogen-bond donors (Lipinski definition) is 3. The van der Waals surface area contributed by atoms with Crippen molar-refractivity contribution < 1.29 is 0 Å². The van der Waals surface area contributed by atoms with Crippen LogP contribution in [-0.2, 0) is 0 Å². The van der Waals surface area contributed by atoms with E-state index >= 15 is 0 Å². The molecule has 3 atom stereocenters. The van der Waals surface area contributed by atoms with Crippen LogP contribution in [0.15, 0.2) is 17.1 Å². The highest BCUT2D eigenvalue weighted by atomic mass is 32.1. The van der Waals surface area contributed by atoms with Crippen LogP contribution in [0.25, 0.3) is 20.7 Å². The molecule has 3 aromatic heterocycles. The molecule has 2 fully saturated rings. The molecule has 0 radical (unpaired) electrons. The molecule has 1 saturated carbocycles. The topological polar surface area (TPSA) is 86.5 Å². The first-order valence-corrected chi connectivity index (χ1v) is 8.78. The lowest BCUT2D eigenvalue weighted by Gasteiger charge is -2.21. The van der Waals surface area contributed by atoms with Gasteiger partial charge in [0.05, 0.1) is 17.8 Å². The van der Waals surface area contributed by atoms with Gasteiger partial charge in [-0.25, -0.2) is 4.98 Å². The summed E-state index contributed by atoms with van der Waals surface area (Å²) in [5, 5.41) is 10.5. The Morgan fingerprint density at radius 1 is 1.30 bits per heavy atom. The van der Waals surface area contributed by atoms with Crippen LogP contribution in [0.2, 0.25) is 0 Å². The fourth-order valence-corrected chi connectivity index (χ4v) is 4.65. The Morgan fingerprint density at radius 3 is 3.00 bits per heavy atom. The van der Waals surface area contributed by atoms with Crippen LogP contribution in [0.5, 0.6) is 0 Å². The van der Waals surface area contributed by atoms with E-state index in [0.717, 1.165) is 52.3 Å². The minimum atomic E-state index is -0.0397. The standard InChI is InChI=1S/C16H17N5OS/c1-7-10(6-18-21-7)13-4-11-14(23-13)16(22)20-15(19-11)12-3-8-2-9(8)5-17-12/h4,6,8-9,12,17H,2-3,5H2,1H3,(H,18,21)(H,19,20,22)/t8-,9+,12?/m1/s1. The van der Waals surface area contributed by atoms with Crippen LogP contribution in [0.1, 0.15) is 30.4 Å². The summed E-state index contributed by atoms with van der Waals surface area (Å²) in [6.45, 7) is 3.02. The van der Waals surface area contributed by atoms with Gasteiger partial charge in [-0.15, -0.1) is 11.3 Å². The van der Waals surface area contributed by atoms with Crippen LogP contribution < -0.4 is 10.9 Å². The molecule has 1 saturated heterocycles. The molecule has 1 unspecified atom stereocenters. The Morgan fingerprint density at radius 2 is 2.22 bits per heavy atom. The molecule has 4 heterocycles. The van der Waals surface area contributed by atoms with Crippen LogP contribution in [-0.4, -0.2) is 26.7 Å². The van der Waals surface area contributed by atoms with E-state index in [4.69, 9.17) is 4.98 Å². The van der Waals surface area contributed by atoms with Crippen molar-refractivity contribution in [2.75, 3.05) is 6.54 Å². The van der Waals surface area contributed by atoms with E-state index in [9.17, 15) is 4.79 Å². The quantitative estimate of drug-likeness (QED) is 0.674. The molecule has 3 N–H and O–H groups in total. The van der Waals surface area contributed by atoms with E-state index < -0.39 is 0 Å². The lowest BCUT2D eigenvalue weighted by Crippen LogP contribution is -2.31. The van der Waals surface area contributed by atoms with Crippen LogP contribution in [0.3, 0.4) is 0 Å². The summed E-state index contributed by atoms with van der Waals surface area (Å²) in [6.07, 6.45) is 4.19. The Bertz CT molecular complexity index is 955. The average molecular weight is 327 g/mol. The van der Waals surface area contributed by atoms with E-state index in [0.29, 0.717) is 4.70 Å². The zero-order chi connectivity index (χ0) is 15.6. The molecule has 6 nitrogen and oxygen atoms in total. The number of hydrogen-bond acceptors (Lipinski definition) is 5. The molecule has 0 spiro atoms. The van der Waals surface area contributed by atoms with Gasteiger partial charge in [-0.1, -0.05) is 0 Å². The van der Waals surface area contributed by atoms with Crippen LogP contribution >= 0.6 is 11.3 Å². The predicted molar refractivity (Wildman–Crippen MR) is 89.5 cm³/mol. The fraction of sp³-hybridized carbons (Fsp3) is 0.438. The molecule has 0 amide bonds. The zero-order valence-electron chi connectivity index (χ0n) is 12.7. The fourth-order valence-electron chi connectivity index (χ4n) is 3.59. The number of fused-ring (bicyclic) bond motifs is 2. The molecule has 0 bridgehead atoms. The number of H-pyrrole nitrogens is 2. The Hall–Kier alpha value is -1.99. The number of nitrogens with zero attached hydrogens (tertiary/aromatic N) is 2. The summed E-state index contributed by atoms with van der Waals surface area (Å²) in [5.74, 6) is 2.44. The second-order valence-corrected chi connectivity index (χ2v) is 7.69. The highest BCUT2D eigenvalue weighted by Crippen LogP contribution is 2.47. The number of aromatic nitrogens is 4. The normalized spacial score (nSPS) is 26.4. The van der Waals surface area contributed by atoms with E-state index in [2.05, 4.69) is 20.5 Å². The number of rotatable bonds is 2. The van der Waals surface area contributed by atoms with E-state index in [1.165, 1.54) is 17.8 Å². The molecule has 3 aromatic rings. The van der Waals surface area contributed by atoms with Gasteiger partial charge in [0.15, 0.2) is 0 Å². The van der Waals surface area contributed by atoms with Crippen molar-refractivity contribution in [2.45, 2.75) is 25.8 Å². The molecule has 118 valence electrons. The van der Waals surface area contributed by atoms with Gasteiger partial charge in [0.1, 0.15) is 10.5 Å². The van der Waals surface area contributed by atoms with Crippen molar-refractivity contribution in [3.05, 3.63) is 34.1 Å². The van der Waals surface area contributed by atoms with E-state index in [1.54, 1.807) is 6.20 Å². The Kier molecular flexibility index (Phi) is 2.78. The first-order chi connectivity index (χ1) is 11.2.